The molecule has 2 N–H and O–H groups in total. The van der Waals surface area contributed by atoms with Crippen LogP contribution in [0.15, 0.2) is 11.4 Å². The Morgan fingerprint density at radius 1 is 1.45 bits per heavy atom. The van der Waals surface area contributed by atoms with E-state index in [1.807, 2.05) is 5.38 Å². The zero-order chi connectivity index (χ0) is 14.2. The SMILES string of the molecule is O=C(NCCN1CCCC1)c1csc(C#CCCO)c1. The zero-order valence-electron chi connectivity index (χ0n) is 11.5. The third kappa shape index (κ3) is 4.64. The highest BCUT2D eigenvalue weighted by molar-refractivity contribution is 7.10. The molecule has 0 atom stereocenters. The normalized spacial score (nSPS) is 14.8. The molecule has 1 saturated heterocycles. The Bertz CT molecular complexity index is 495. The number of rotatable bonds is 5. The van der Waals surface area contributed by atoms with Crippen LogP contribution in [0, 0.1) is 11.8 Å². The number of thiophene rings is 1. The molecule has 1 fully saturated rings. The van der Waals surface area contributed by atoms with Gasteiger partial charge in [0, 0.05) is 24.9 Å². The van der Waals surface area contributed by atoms with Crippen LogP contribution < -0.4 is 5.32 Å². The maximum atomic E-state index is 12.0. The Labute approximate surface area is 123 Å². The van der Waals surface area contributed by atoms with Gasteiger partial charge in [0.25, 0.3) is 5.91 Å². The maximum absolute atomic E-state index is 12.0. The number of aliphatic hydroxyl groups excluding tert-OH is 1. The molecule has 1 aliphatic rings. The van der Waals surface area contributed by atoms with E-state index in [1.165, 1.54) is 24.2 Å². The van der Waals surface area contributed by atoms with E-state index in [-0.39, 0.29) is 12.5 Å². The summed E-state index contributed by atoms with van der Waals surface area (Å²) >= 11 is 1.46. The van der Waals surface area contributed by atoms with Crippen LogP contribution in [0.5, 0.6) is 0 Å². The first-order chi connectivity index (χ1) is 9.79. The van der Waals surface area contributed by atoms with Crippen LogP contribution in [-0.4, -0.2) is 48.7 Å². The fraction of sp³-hybridized carbons (Fsp3) is 0.533. The minimum Gasteiger partial charge on any atom is -0.395 e. The van der Waals surface area contributed by atoms with Crippen molar-refractivity contribution in [2.75, 3.05) is 32.8 Å². The summed E-state index contributed by atoms with van der Waals surface area (Å²) in [5.74, 6) is 5.77. The molecule has 1 amide bonds. The number of likely N-dealkylation sites (tertiary alicyclic amines) is 1. The molecule has 0 bridgehead atoms. The van der Waals surface area contributed by atoms with Crippen LogP contribution in [-0.2, 0) is 0 Å². The van der Waals surface area contributed by atoms with Crippen LogP contribution in [0.1, 0.15) is 34.5 Å². The molecule has 0 saturated carbocycles. The number of nitrogens with one attached hydrogen (secondary N) is 1. The third-order valence-corrected chi connectivity index (χ3v) is 4.07. The molecule has 108 valence electrons. The van der Waals surface area contributed by atoms with Gasteiger partial charge in [0.15, 0.2) is 0 Å². The first-order valence-corrected chi connectivity index (χ1v) is 7.86. The molecule has 2 rings (SSSR count). The molecule has 0 spiro atoms. The van der Waals surface area contributed by atoms with Crippen LogP contribution in [0.3, 0.4) is 0 Å². The van der Waals surface area contributed by atoms with Gasteiger partial charge in [-0.15, -0.1) is 11.3 Å². The number of amides is 1. The highest BCUT2D eigenvalue weighted by Crippen LogP contribution is 2.13. The average molecular weight is 292 g/mol. The van der Waals surface area contributed by atoms with Gasteiger partial charge in [-0.05, 0) is 32.0 Å². The van der Waals surface area contributed by atoms with E-state index in [1.54, 1.807) is 6.07 Å². The highest BCUT2D eigenvalue weighted by atomic mass is 32.1. The van der Waals surface area contributed by atoms with Crippen molar-refractivity contribution in [3.63, 3.8) is 0 Å². The van der Waals surface area contributed by atoms with Crippen molar-refractivity contribution in [3.05, 3.63) is 21.9 Å². The summed E-state index contributed by atoms with van der Waals surface area (Å²) in [5, 5.41) is 13.4. The van der Waals surface area contributed by atoms with Crippen molar-refractivity contribution in [1.29, 1.82) is 0 Å². The van der Waals surface area contributed by atoms with Gasteiger partial charge in [-0.1, -0.05) is 11.8 Å². The smallest absolute Gasteiger partial charge is 0.252 e. The van der Waals surface area contributed by atoms with Gasteiger partial charge < -0.3 is 15.3 Å². The lowest BCUT2D eigenvalue weighted by Crippen LogP contribution is -2.33. The molecule has 1 aromatic heterocycles. The molecular weight excluding hydrogens is 272 g/mol. The van der Waals surface area contributed by atoms with Crippen molar-refractivity contribution in [1.82, 2.24) is 10.2 Å². The number of aliphatic hydroxyl groups is 1. The maximum Gasteiger partial charge on any atom is 0.252 e. The average Bonchev–Trinajstić information content (AvgIpc) is 3.10. The third-order valence-electron chi connectivity index (χ3n) is 3.22. The number of carbonyl (C=O) groups excluding carboxylic acids is 1. The molecule has 2 heterocycles. The fourth-order valence-electron chi connectivity index (χ4n) is 2.16. The van der Waals surface area contributed by atoms with Crippen molar-refractivity contribution in [2.45, 2.75) is 19.3 Å². The molecule has 0 aliphatic carbocycles. The van der Waals surface area contributed by atoms with Crippen LogP contribution >= 0.6 is 11.3 Å². The molecule has 20 heavy (non-hydrogen) atoms. The Balaban J connectivity index is 1.76. The van der Waals surface area contributed by atoms with Crippen molar-refractivity contribution >= 4 is 17.2 Å². The second kappa shape index (κ2) is 8.05. The molecule has 4 nitrogen and oxygen atoms in total. The molecule has 0 aromatic carbocycles. The zero-order valence-corrected chi connectivity index (χ0v) is 12.3. The van der Waals surface area contributed by atoms with Crippen molar-refractivity contribution < 1.29 is 9.90 Å². The standard InChI is InChI=1S/C15H20N2O2S/c18-10-4-1-5-14-11-13(12-20-14)15(19)16-6-9-17-7-2-3-8-17/h11-12,18H,2-4,6-10H2,(H,16,19). The van der Waals surface area contributed by atoms with Gasteiger partial charge in [-0.2, -0.15) is 0 Å². The lowest BCUT2D eigenvalue weighted by Gasteiger charge is -2.14. The minimum absolute atomic E-state index is 0.0318. The molecule has 1 aromatic rings. The number of hydrogen-bond acceptors (Lipinski definition) is 4. The van der Waals surface area contributed by atoms with Crippen LogP contribution in [0.2, 0.25) is 0 Å². The Morgan fingerprint density at radius 3 is 3.00 bits per heavy atom. The van der Waals surface area contributed by atoms with Crippen LogP contribution in [0.25, 0.3) is 0 Å². The monoisotopic (exact) mass is 292 g/mol. The molecule has 5 heteroatoms. The van der Waals surface area contributed by atoms with E-state index in [2.05, 4.69) is 22.1 Å². The van der Waals surface area contributed by atoms with E-state index < -0.39 is 0 Å². The van der Waals surface area contributed by atoms with Gasteiger partial charge in [-0.3, -0.25) is 4.79 Å². The summed E-state index contributed by atoms with van der Waals surface area (Å²) in [6.07, 6.45) is 3.01. The second-order valence-electron chi connectivity index (χ2n) is 4.78. The number of hydrogen-bond donors (Lipinski definition) is 2. The van der Waals surface area contributed by atoms with Crippen molar-refractivity contribution in [2.24, 2.45) is 0 Å². The summed E-state index contributed by atoms with van der Waals surface area (Å²) < 4.78 is 0. The van der Waals surface area contributed by atoms with E-state index in [0.717, 1.165) is 24.5 Å². The first-order valence-electron chi connectivity index (χ1n) is 6.98. The number of nitrogens with zero attached hydrogens (tertiary/aromatic N) is 1. The summed E-state index contributed by atoms with van der Waals surface area (Å²) in [6, 6.07) is 1.81. The molecule has 0 radical (unpaired) electrons. The van der Waals surface area contributed by atoms with E-state index in [0.29, 0.717) is 18.5 Å². The fourth-order valence-corrected chi connectivity index (χ4v) is 2.92. The molecule has 1 aliphatic heterocycles. The summed E-state index contributed by atoms with van der Waals surface area (Å²) in [7, 11) is 0. The Kier molecular flexibility index (Phi) is 6.06. The van der Waals surface area contributed by atoms with E-state index >= 15 is 0 Å². The van der Waals surface area contributed by atoms with Gasteiger partial charge in [0.05, 0.1) is 17.0 Å². The van der Waals surface area contributed by atoms with Crippen LogP contribution in [0.4, 0.5) is 0 Å². The van der Waals surface area contributed by atoms with Gasteiger partial charge in [0.2, 0.25) is 0 Å². The minimum atomic E-state index is -0.0318. The first kappa shape index (κ1) is 15.0. The molecular formula is C15H20N2O2S. The predicted octanol–water partition coefficient (Wildman–Crippen LogP) is 1.31. The topological polar surface area (TPSA) is 52.6 Å². The van der Waals surface area contributed by atoms with E-state index in [9.17, 15) is 4.79 Å². The van der Waals surface area contributed by atoms with Crippen molar-refractivity contribution in [3.8, 4) is 11.8 Å². The predicted molar refractivity (Wildman–Crippen MR) is 80.9 cm³/mol. The Hall–Kier alpha value is -1.35. The largest absolute Gasteiger partial charge is 0.395 e. The lowest BCUT2D eigenvalue weighted by atomic mass is 10.3. The summed E-state index contributed by atoms with van der Waals surface area (Å²) in [5.41, 5.74) is 0.671. The summed E-state index contributed by atoms with van der Waals surface area (Å²) in [4.78, 5) is 15.2. The van der Waals surface area contributed by atoms with Gasteiger partial charge >= 0.3 is 0 Å². The number of carbonyl (C=O) groups is 1. The van der Waals surface area contributed by atoms with Gasteiger partial charge in [0.1, 0.15) is 0 Å². The second-order valence-corrected chi connectivity index (χ2v) is 5.69. The summed E-state index contributed by atoms with van der Waals surface area (Å²) in [6.45, 7) is 4.00. The van der Waals surface area contributed by atoms with E-state index in [4.69, 9.17) is 5.11 Å². The van der Waals surface area contributed by atoms with Gasteiger partial charge in [-0.25, -0.2) is 0 Å². The highest BCUT2D eigenvalue weighted by Gasteiger charge is 2.12. The molecule has 0 unspecified atom stereocenters. The lowest BCUT2D eigenvalue weighted by molar-refractivity contribution is 0.0950. The quantitative estimate of drug-likeness (QED) is 0.805. The Morgan fingerprint density at radius 2 is 2.25 bits per heavy atom.